The van der Waals surface area contributed by atoms with Crippen LogP contribution >= 0.6 is 0 Å². The number of pyridine rings is 1. The number of β-amino-alcohol motifs (C(OH)–C–C–N with tert-alkyl or cyclic N) is 1. The fraction of sp³-hybridized carbons (Fsp3) is 0.700. The molecule has 4 fully saturated rings. The first-order valence-electron chi connectivity index (χ1n) is 10.0. The Labute approximate surface area is 154 Å². The number of hydrogen-bond donors (Lipinski definition) is 1. The van der Waals surface area contributed by atoms with Gasteiger partial charge in [-0.1, -0.05) is 12.8 Å². The standard InChI is InChI=1S/C20H28N4O2/c25-18-8-17-10-22(19(26)15-4-3-7-21-9-15)12-20(24(17)11-18)13-23(14-20)16-5-1-2-6-16/h3-4,7,9,16-18,25H,1-2,5-6,8,10-14H2/t17-,18-/m1/s1. The van der Waals surface area contributed by atoms with Crippen LogP contribution in [0.25, 0.3) is 0 Å². The molecule has 1 aromatic heterocycles. The van der Waals surface area contributed by atoms with E-state index in [1.54, 1.807) is 12.4 Å². The number of piperazine rings is 1. The van der Waals surface area contributed by atoms with Crippen LogP contribution in [0.15, 0.2) is 24.5 Å². The van der Waals surface area contributed by atoms with Crippen LogP contribution in [0.2, 0.25) is 0 Å². The van der Waals surface area contributed by atoms with Gasteiger partial charge in [-0.3, -0.25) is 19.6 Å². The smallest absolute Gasteiger partial charge is 0.255 e. The fourth-order valence-electron chi connectivity index (χ4n) is 5.76. The fourth-order valence-corrected chi connectivity index (χ4v) is 5.76. The zero-order valence-electron chi connectivity index (χ0n) is 15.3. The average molecular weight is 356 g/mol. The second-order valence-corrected chi connectivity index (χ2v) is 8.69. The zero-order valence-corrected chi connectivity index (χ0v) is 15.3. The van der Waals surface area contributed by atoms with Crippen LogP contribution in [0.4, 0.5) is 0 Å². The lowest BCUT2D eigenvalue weighted by Gasteiger charge is -2.62. The van der Waals surface area contributed by atoms with Gasteiger partial charge in [-0.05, 0) is 31.4 Å². The van der Waals surface area contributed by atoms with Crippen molar-refractivity contribution in [3.8, 4) is 0 Å². The van der Waals surface area contributed by atoms with Gasteiger partial charge in [0.05, 0.1) is 17.2 Å². The SMILES string of the molecule is O=C(c1cccnc1)N1C[C@H]2C[C@@H](O)CN2C2(C1)CN(C1CCCC1)C2. The minimum absolute atomic E-state index is 0.0286. The first kappa shape index (κ1) is 16.7. The molecule has 6 heteroatoms. The number of amides is 1. The van der Waals surface area contributed by atoms with Crippen LogP contribution in [-0.2, 0) is 0 Å². The van der Waals surface area contributed by atoms with Crippen molar-refractivity contribution in [3.63, 3.8) is 0 Å². The van der Waals surface area contributed by atoms with E-state index < -0.39 is 0 Å². The summed E-state index contributed by atoms with van der Waals surface area (Å²) in [4.78, 5) is 24.3. The molecule has 140 valence electrons. The second kappa shape index (κ2) is 6.29. The van der Waals surface area contributed by atoms with Gasteiger partial charge in [0.15, 0.2) is 0 Å². The maximum atomic E-state index is 13.0. The van der Waals surface area contributed by atoms with E-state index in [9.17, 15) is 9.90 Å². The van der Waals surface area contributed by atoms with Crippen molar-refractivity contribution in [2.75, 3.05) is 32.7 Å². The molecule has 1 amide bonds. The summed E-state index contributed by atoms with van der Waals surface area (Å²) in [7, 11) is 0. The molecule has 4 heterocycles. The third-order valence-electron chi connectivity index (χ3n) is 6.95. The van der Waals surface area contributed by atoms with Gasteiger partial charge in [-0.15, -0.1) is 0 Å². The van der Waals surface area contributed by atoms with Crippen molar-refractivity contribution >= 4 is 5.91 Å². The van der Waals surface area contributed by atoms with Crippen LogP contribution in [-0.4, -0.2) is 87.1 Å². The summed E-state index contributed by atoms with van der Waals surface area (Å²) in [5.74, 6) is 0.0813. The predicted octanol–water partition coefficient (Wildman–Crippen LogP) is 0.970. The number of carbonyl (C=O) groups excluding carboxylic acids is 1. The Morgan fingerprint density at radius 3 is 2.69 bits per heavy atom. The maximum Gasteiger partial charge on any atom is 0.255 e. The van der Waals surface area contributed by atoms with Crippen LogP contribution in [0, 0.1) is 0 Å². The molecule has 5 rings (SSSR count). The van der Waals surface area contributed by atoms with E-state index in [1.165, 1.54) is 25.7 Å². The van der Waals surface area contributed by atoms with Gasteiger partial charge < -0.3 is 10.0 Å². The summed E-state index contributed by atoms with van der Waals surface area (Å²) in [6.45, 7) is 4.33. The maximum absolute atomic E-state index is 13.0. The molecule has 4 aliphatic rings. The van der Waals surface area contributed by atoms with E-state index in [0.717, 1.165) is 45.2 Å². The Balaban J connectivity index is 1.36. The molecular weight excluding hydrogens is 328 g/mol. The number of nitrogens with zero attached hydrogens (tertiary/aromatic N) is 4. The Morgan fingerprint density at radius 1 is 1.15 bits per heavy atom. The molecule has 3 saturated heterocycles. The molecule has 0 radical (unpaired) electrons. The Bertz CT molecular complexity index is 670. The number of aromatic nitrogens is 1. The van der Waals surface area contributed by atoms with Gasteiger partial charge >= 0.3 is 0 Å². The molecule has 3 aliphatic heterocycles. The van der Waals surface area contributed by atoms with Crippen molar-refractivity contribution in [3.05, 3.63) is 30.1 Å². The van der Waals surface area contributed by atoms with Crippen molar-refractivity contribution in [1.82, 2.24) is 19.7 Å². The number of aliphatic hydroxyl groups is 1. The normalized spacial score (nSPS) is 32.0. The molecule has 0 unspecified atom stereocenters. The Kier molecular flexibility index (Phi) is 4.03. The van der Waals surface area contributed by atoms with Gasteiger partial charge in [-0.25, -0.2) is 0 Å². The van der Waals surface area contributed by atoms with Crippen LogP contribution < -0.4 is 0 Å². The quantitative estimate of drug-likeness (QED) is 0.856. The second-order valence-electron chi connectivity index (χ2n) is 8.69. The van der Waals surface area contributed by atoms with E-state index in [0.29, 0.717) is 5.56 Å². The number of hydrogen-bond acceptors (Lipinski definition) is 5. The highest BCUT2D eigenvalue weighted by Gasteiger charge is 2.57. The molecule has 1 N–H and O–H groups in total. The minimum Gasteiger partial charge on any atom is -0.392 e. The number of likely N-dealkylation sites (tertiary alicyclic amines) is 1. The molecule has 2 atom stereocenters. The molecule has 26 heavy (non-hydrogen) atoms. The van der Waals surface area contributed by atoms with E-state index in [1.807, 2.05) is 17.0 Å². The number of rotatable bonds is 2. The van der Waals surface area contributed by atoms with E-state index >= 15 is 0 Å². The van der Waals surface area contributed by atoms with Gasteiger partial charge in [0.1, 0.15) is 0 Å². The van der Waals surface area contributed by atoms with Crippen molar-refractivity contribution in [1.29, 1.82) is 0 Å². The van der Waals surface area contributed by atoms with Gasteiger partial charge in [0.25, 0.3) is 5.91 Å². The molecule has 1 spiro atoms. The zero-order chi connectivity index (χ0) is 17.7. The lowest BCUT2D eigenvalue weighted by Crippen LogP contribution is -2.79. The molecule has 0 bridgehead atoms. The van der Waals surface area contributed by atoms with Crippen molar-refractivity contribution in [2.24, 2.45) is 0 Å². The number of fused-ring (bicyclic) bond motifs is 2. The highest BCUT2D eigenvalue weighted by molar-refractivity contribution is 5.94. The van der Waals surface area contributed by atoms with E-state index in [-0.39, 0.29) is 23.6 Å². The number of carbonyl (C=O) groups is 1. The summed E-state index contributed by atoms with van der Waals surface area (Å²) in [6.07, 6.45) is 9.23. The minimum atomic E-state index is -0.258. The average Bonchev–Trinajstić information content (AvgIpc) is 3.27. The lowest BCUT2D eigenvalue weighted by atomic mass is 9.82. The van der Waals surface area contributed by atoms with Crippen molar-refractivity contribution in [2.45, 2.75) is 55.8 Å². The van der Waals surface area contributed by atoms with Gasteiger partial charge in [0, 0.05) is 57.2 Å². The first-order chi connectivity index (χ1) is 12.6. The van der Waals surface area contributed by atoms with Crippen LogP contribution in [0.3, 0.4) is 0 Å². The predicted molar refractivity (Wildman–Crippen MR) is 97.8 cm³/mol. The summed E-state index contributed by atoms with van der Waals surface area (Å²) < 4.78 is 0. The van der Waals surface area contributed by atoms with Gasteiger partial charge in [-0.2, -0.15) is 0 Å². The largest absolute Gasteiger partial charge is 0.392 e. The first-order valence-corrected chi connectivity index (χ1v) is 10.0. The monoisotopic (exact) mass is 356 g/mol. The van der Waals surface area contributed by atoms with Crippen molar-refractivity contribution < 1.29 is 9.90 Å². The molecule has 1 aromatic rings. The topological polar surface area (TPSA) is 59.9 Å². The number of aliphatic hydroxyl groups excluding tert-OH is 1. The third kappa shape index (κ3) is 2.66. The Hall–Kier alpha value is -1.50. The molecule has 0 aromatic carbocycles. The van der Waals surface area contributed by atoms with Gasteiger partial charge in [0.2, 0.25) is 0 Å². The highest BCUT2D eigenvalue weighted by atomic mass is 16.3. The third-order valence-corrected chi connectivity index (χ3v) is 6.95. The van der Waals surface area contributed by atoms with E-state index in [2.05, 4.69) is 14.8 Å². The van der Waals surface area contributed by atoms with E-state index in [4.69, 9.17) is 0 Å². The van der Waals surface area contributed by atoms with Crippen LogP contribution in [0.1, 0.15) is 42.5 Å². The lowest BCUT2D eigenvalue weighted by molar-refractivity contribution is -0.118. The van der Waals surface area contributed by atoms with Crippen LogP contribution in [0.5, 0.6) is 0 Å². The summed E-state index contributed by atoms with van der Waals surface area (Å²) in [5, 5.41) is 10.3. The molecule has 1 aliphatic carbocycles. The summed E-state index contributed by atoms with van der Waals surface area (Å²) >= 11 is 0. The molecular formula is C20H28N4O2. The molecule has 6 nitrogen and oxygen atoms in total. The molecule has 1 saturated carbocycles. The highest BCUT2D eigenvalue weighted by Crippen LogP contribution is 2.41. The Morgan fingerprint density at radius 2 is 1.96 bits per heavy atom. The summed E-state index contributed by atoms with van der Waals surface area (Å²) in [5.41, 5.74) is 0.697. The summed E-state index contributed by atoms with van der Waals surface area (Å²) in [6, 6.07) is 4.69.